The van der Waals surface area contributed by atoms with Crippen LogP contribution in [-0.2, 0) is 4.74 Å². The molecule has 1 saturated carbocycles. The summed E-state index contributed by atoms with van der Waals surface area (Å²) in [6.07, 6.45) is 7.32. The van der Waals surface area contributed by atoms with Gasteiger partial charge in [0.15, 0.2) is 0 Å². The molecule has 1 aliphatic rings. The van der Waals surface area contributed by atoms with Crippen LogP contribution in [0.25, 0.3) is 0 Å². The zero-order valence-corrected chi connectivity index (χ0v) is 11.7. The smallest absolute Gasteiger partial charge is 0.0878 e. The molecule has 1 unspecified atom stereocenters. The fourth-order valence-corrected chi connectivity index (χ4v) is 3.95. The van der Waals surface area contributed by atoms with Crippen molar-refractivity contribution in [2.75, 3.05) is 7.11 Å². The molecule has 17 heavy (non-hydrogen) atoms. The van der Waals surface area contributed by atoms with E-state index in [1.54, 1.807) is 11.3 Å². The van der Waals surface area contributed by atoms with E-state index in [9.17, 15) is 0 Å². The van der Waals surface area contributed by atoms with Gasteiger partial charge in [-0.15, -0.1) is 11.3 Å². The minimum atomic E-state index is -0.133. The minimum Gasteiger partial charge on any atom is -0.376 e. The molecule has 0 bridgehead atoms. The van der Waals surface area contributed by atoms with Gasteiger partial charge in [-0.05, 0) is 36.8 Å². The van der Waals surface area contributed by atoms with Gasteiger partial charge >= 0.3 is 0 Å². The normalized spacial score (nSPS) is 22.1. The van der Waals surface area contributed by atoms with Crippen molar-refractivity contribution in [2.24, 2.45) is 5.73 Å². The van der Waals surface area contributed by atoms with Crippen LogP contribution in [0.4, 0.5) is 0 Å². The van der Waals surface area contributed by atoms with Gasteiger partial charge in [-0.1, -0.05) is 25.7 Å². The highest BCUT2D eigenvalue weighted by Gasteiger charge is 2.38. The van der Waals surface area contributed by atoms with Gasteiger partial charge in [0.2, 0.25) is 0 Å². The van der Waals surface area contributed by atoms with E-state index in [2.05, 4.69) is 18.4 Å². The summed E-state index contributed by atoms with van der Waals surface area (Å²) in [6, 6.07) is 2.19. The SMILES string of the molecule is COC1(C(N)c2sccc2C)CCCCCC1. The minimum absolute atomic E-state index is 0.0330. The Kier molecular flexibility index (Phi) is 4.23. The van der Waals surface area contributed by atoms with E-state index >= 15 is 0 Å². The summed E-state index contributed by atoms with van der Waals surface area (Å²) in [4.78, 5) is 1.30. The predicted octanol–water partition coefficient (Wildman–Crippen LogP) is 3.80. The molecule has 3 heteroatoms. The Morgan fingerprint density at radius 3 is 2.41 bits per heavy atom. The largest absolute Gasteiger partial charge is 0.376 e. The van der Waals surface area contributed by atoms with Crippen molar-refractivity contribution in [1.29, 1.82) is 0 Å². The highest BCUT2D eigenvalue weighted by atomic mass is 32.1. The number of aryl methyl sites for hydroxylation is 1. The monoisotopic (exact) mass is 253 g/mol. The van der Waals surface area contributed by atoms with Crippen LogP contribution in [0.5, 0.6) is 0 Å². The Bertz CT molecular complexity index is 353. The molecular weight excluding hydrogens is 230 g/mol. The Labute approximate surface area is 108 Å². The van der Waals surface area contributed by atoms with Crippen LogP contribution in [0, 0.1) is 6.92 Å². The molecule has 2 rings (SSSR count). The molecule has 0 saturated heterocycles. The van der Waals surface area contributed by atoms with Crippen molar-refractivity contribution < 1.29 is 4.74 Å². The van der Waals surface area contributed by atoms with Gasteiger partial charge in [-0.2, -0.15) is 0 Å². The van der Waals surface area contributed by atoms with Gasteiger partial charge in [0.1, 0.15) is 0 Å². The van der Waals surface area contributed by atoms with Gasteiger partial charge in [0, 0.05) is 12.0 Å². The third-order valence-corrected chi connectivity index (χ3v) is 5.21. The van der Waals surface area contributed by atoms with Gasteiger partial charge in [-0.25, -0.2) is 0 Å². The second-order valence-electron chi connectivity index (χ2n) is 5.13. The molecule has 0 spiro atoms. The number of ether oxygens (including phenoxy) is 1. The number of hydrogen-bond acceptors (Lipinski definition) is 3. The highest BCUT2D eigenvalue weighted by Crippen LogP contribution is 2.41. The van der Waals surface area contributed by atoms with Crippen LogP contribution in [0.2, 0.25) is 0 Å². The summed E-state index contributed by atoms with van der Waals surface area (Å²) in [5, 5.41) is 2.13. The molecular formula is C14H23NOS. The van der Waals surface area contributed by atoms with Crippen LogP contribution >= 0.6 is 11.3 Å². The lowest BCUT2D eigenvalue weighted by atomic mass is 9.85. The topological polar surface area (TPSA) is 35.2 Å². The lowest BCUT2D eigenvalue weighted by molar-refractivity contribution is -0.0435. The average Bonchev–Trinajstić information content (AvgIpc) is 2.64. The number of nitrogens with two attached hydrogens (primary N) is 1. The van der Waals surface area contributed by atoms with Crippen LogP contribution in [-0.4, -0.2) is 12.7 Å². The second kappa shape index (κ2) is 5.51. The van der Waals surface area contributed by atoms with Crippen molar-refractivity contribution in [3.05, 3.63) is 21.9 Å². The van der Waals surface area contributed by atoms with E-state index in [1.807, 2.05) is 7.11 Å². The van der Waals surface area contributed by atoms with E-state index in [1.165, 1.54) is 36.1 Å². The van der Waals surface area contributed by atoms with E-state index in [4.69, 9.17) is 10.5 Å². The first-order chi connectivity index (χ1) is 8.19. The number of thiophene rings is 1. The summed E-state index contributed by atoms with van der Waals surface area (Å²) < 4.78 is 5.88. The van der Waals surface area contributed by atoms with Gasteiger partial charge < -0.3 is 10.5 Å². The fourth-order valence-electron chi connectivity index (χ4n) is 2.91. The van der Waals surface area contributed by atoms with Crippen molar-refractivity contribution in [3.8, 4) is 0 Å². The van der Waals surface area contributed by atoms with Crippen molar-refractivity contribution in [3.63, 3.8) is 0 Å². The first kappa shape index (κ1) is 13.1. The molecule has 1 fully saturated rings. The number of methoxy groups -OCH3 is 1. The third-order valence-electron chi connectivity index (χ3n) is 4.11. The van der Waals surface area contributed by atoms with Gasteiger partial charge in [0.25, 0.3) is 0 Å². The zero-order valence-electron chi connectivity index (χ0n) is 10.9. The van der Waals surface area contributed by atoms with Crippen LogP contribution < -0.4 is 5.73 Å². The zero-order chi connectivity index (χ0) is 12.3. The first-order valence-electron chi connectivity index (χ1n) is 6.54. The van der Waals surface area contributed by atoms with Crippen LogP contribution in [0.15, 0.2) is 11.4 Å². The Balaban J connectivity index is 2.24. The maximum atomic E-state index is 6.52. The summed E-state index contributed by atoms with van der Waals surface area (Å²) in [6.45, 7) is 2.14. The Morgan fingerprint density at radius 2 is 1.94 bits per heavy atom. The van der Waals surface area contributed by atoms with Crippen LogP contribution in [0.1, 0.15) is 55.0 Å². The molecule has 1 aromatic heterocycles. The summed E-state index contributed by atoms with van der Waals surface area (Å²) >= 11 is 1.77. The summed E-state index contributed by atoms with van der Waals surface area (Å²) in [5.41, 5.74) is 7.69. The lowest BCUT2D eigenvalue weighted by Gasteiger charge is -2.37. The third kappa shape index (κ3) is 2.56. The molecule has 1 aromatic rings. The Morgan fingerprint density at radius 1 is 1.29 bits per heavy atom. The molecule has 1 atom stereocenters. The second-order valence-corrected chi connectivity index (χ2v) is 6.08. The highest BCUT2D eigenvalue weighted by molar-refractivity contribution is 7.10. The average molecular weight is 253 g/mol. The van der Waals surface area contributed by atoms with Crippen molar-refractivity contribution in [2.45, 2.75) is 57.1 Å². The van der Waals surface area contributed by atoms with Gasteiger partial charge in [0.05, 0.1) is 11.6 Å². The van der Waals surface area contributed by atoms with Crippen molar-refractivity contribution >= 4 is 11.3 Å². The molecule has 2 N–H and O–H groups in total. The fraction of sp³-hybridized carbons (Fsp3) is 0.714. The number of rotatable bonds is 3. The lowest BCUT2D eigenvalue weighted by Crippen LogP contribution is -2.42. The maximum absolute atomic E-state index is 6.52. The van der Waals surface area contributed by atoms with E-state index < -0.39 is 0 Å². The molecule has 0 aromatic carbocycles. The first-order valence-corrected chi connectivity index (χ1v) is 7.42. The quantitative estimate of drug-likeness (QED) is 0.832. The number of hydrogen-bond donors (Lipinski definition) is 1. The van der Waals surface area contributed by atoms with Crippen molar-refractivity contribution in [1.82, 2.24) is 0 Å². The van der Waals surface area contributed by atoms with Gasteiger partial charge in [-0.3, -0.25) is 0 Å². The molecule has 0 radical (unpaired) electrons. The molecule has 1 aliphatic carbocycles. The molecule has 0 amide bonds. The van der Waals surface area contributed by atoms with E-state index in [0.717, 1.165) is 12.8 Å². The van der Waals surface area contributed by atoms with Crippen LogP contribution in [0.3, 0.4) is 0 Å². The Hall–Kier alpha value is -0.380. The predicted molar refractivity (Wildman–Crippen MR) is 73.4 cm³/mol. The molecule has 1 heterocycles. The maximum Gasteiger partial charge on any atom is 0.0878 e. The van der Waals surface area contributed by atoms with E-state index in [-0.39, 0.29) is 11.6 Å². The summed E-state index contributed by atoms with van der Waals surface area (Å²) in [5.74, 6) is 0. The standard InChI is InChI=1S/C14H23NOS/c1-11-7-10-17-12(11)13(15)14(16-2)8-5-3-4-6-9-14/h7,10,13H,3-6,8-9,15H2,1-2H3. The van der Waals surface area contributed by atoms with E-state index in [0.29, 0.717) is 0 Å². The summed E-state index contributed by atoms with van der Waals surface area (Å²) in [7, 11) is 1.83. The molecule has 96 valence electrons. The molecule has 2 nitrogen and oxygen atoms in total. The molecule has 0 aliphatic heterocycles.